The van der Waals surface area contributed by atoms with Crippen molar-refractivity contribution in [1.29, 1.82) is 5.26 Å². The first-order valence-corrected chi connectivity index (χ1v) is 4.65. The number of rotatable bonds is 1. The van der Waals surface area contributed by atoms with E-state index >= 15 is 0 Å². The Morgan fingerprint density at radius 1 is 1.33 bits per heavy atom. The quantitative estimate of drug-likeness (QED) is 0.543. The number of hydrogen-bond acceptors (Lipinski definition) is 3. The lowest BCUT2D eigenvalue weighted by Crippen LogP contribution is -1.84. The predicted octanol–water partition coefficient (Wildman–Crippen LogP) is 2.82. The molecule has 0 fully saturated rings. The van der Waals surface area contributed by atoms with Gasteiger partial charge in [-0.2, -0.15) is 5.26 Å². The summed E-state index contributed by atoms with van der Waals surface area (Å²) in [5.74, 6) is 0. The maximum absolute atomic E-state index is 8.40. The number of benzene rings is 1. The van der Waals surface area contributed by atoms with Crippen molar-refractivity contribution in [2.24, 2.45) is 0 Å². The van der Waals surface area contributed by atoms with Crippen LogP contribution in [0.1, 0.15) is 5.56 Å². The Kier molecular flexibility index (Phi) is 2.61. The minimum absolute atomic E-state index is 0.441. The summed E-state index contributed by atoms with van der Waals surface area (Å²) in [6.45, 7) is 0. The van der Waals surface area contributed by atoms with Gasteiger partial charge >= 0.3 is 0 Å². The molecule has 3 nitrogen and oxygen atoms in total. The van der Waals surface area contributed by atoms with E-state index in [9.17, 15) is 0 Å². The number of nitrogens with zero attached hydrogens (tertiary/aromatic N) is 3. The van der Waals surface area contributed by atoms with Crippen LogP contribution in [0.4, 0.5) is 0 Å². The van der Waals surface area contributed by atoms with Crippen LogP contribution in [0.25, 0.3) is 17.0 Å². The van der Waals surface area contributed by atoms with Crippen molar-refractivity contribution >= 4 is 28.6 Å². The molecule has 0 aliphatic heterocycles. The van der Waals surface area contributed by atoms with Crippen molar-refractivity contribution in [3.63, 3.8) is 0 Å². The average Bonchev–Trinajstić information content (AvgIpc) is 2.26. The van der Waals surface area contributed by atoms with Crippen LogP contribution in [0.15, 0.2) is 30.6 Å². The topological polar surface area (TPSA) is 49.6 Å². The summed E-state index contributed by atoms with van der Waals surface area (Å²) in [4.78, 5) is 7.98. The number of fused-ring (bicyclic) bond motifs is 1. The highest BCUT2D eigenvalue weighted by Gasteiger charge is 2.00. The first kappa shape index (κ1) is 9.63. The van der Waals surface area contributed by atoms with Gasteiger partial charge in [0, 0.05) is 11.5 Å². The molecule has 1 heterocycles. The predicted molar refractivity (Wildman–Crippen MR) is 59.2 cm³/mol. The summed E-state index contributed by atoms with van der Waals surface area (Å²) in [5.41, 5.74) is 1.69. The molecule has 0 bridgehead atoms. The number of aromatic nitrogens is 2. The van der Waals surface area contributed by atoms with Gasteiger partial charge in [0.1, 0.15) is 11.5 Å². The summed E-state index contributed by atoms with van der Waals surface area (Å²) < 4.78 is 0. The van der Waals surface area contributed by atoms with Crippen molar-refractivity contribution in [3.8, 4) is 6.07 Å². The lowest BCUT2D eigenvalue weighted by molar-refractivity contribution is 1.22. The Hall–Kier alpha value is -1.92. The molecule has 2 rings (SSSR count). The Labute approximate surface area is 91.7 Å². The highest BCUT2D eigenvalue weighted by molar-refractivity contribution is 6.34. The first-order valence-electron chi connectivity index (χ1n) is 4.27. The van der Waals surface area contributed by atoms with Crippen molar-refractivity contribution < 1.29 is 0 Å². The zero-order chi connectivity index (χ0) is 10.7. The number of halogens is 1. The maximum Gasteiger partial charge on any atom is 0.140 e. The molecule has 0 unspecified atom stereocenters. The fourth-order valence-electron chi connectivity index (χ4n) is 1.28. The van der Waals surface area contributed by atoms with E-state index in [1.165, 1.54) is 12.4 Å². The van der Waals surface area contributed by atoms with Gasteiger partial charge in [-0.1, -0.05) is 17.7 Å². The second-order valence-corrected chi connectivity index (χ2v) is 3.26. The molecule has 0 aliphatic rings. The lowest BCUT2D eigenvalue weighted by Gasteiger charge is -1.99. The lowest BCUT2D eigenvalue weighted by atomic mass is 10.1. The zero-order valence-electron chi connectivity index (χ0n) is 7.68. The first-order chi connectivity index (χ1) is 7.31. The molecule has 15 heavy (non-hydrogen) atoms. The van der Waals surface area contributed by atoms with Crippen LogP contribution in [0.2, 0.25) is 5.15 Å². The number of allylic oxidation sites excluding steroid dienone is 1. The SMILES string of the molecule is N#CC=Cc1ccc2c(Cl)ncnc2c1. The van der Waals surface area contributed by atoms with E-state index in [2.05, 4.69) is 9.97 Å². The molecule has 0 atom stereocenters. The summed E-state index contributed by atoms with van der Waals surface area (Å²) in [5, 5.41) is 9.66. The van der Waals surface area contributed by atoms with E-state index in [0.29, 0.717) is 5.15 Å². The maximum atomic E-state index is 8.40. The molecular formula is C11H6ClN3. The second-order valence-electron chi connectivity index (χ2n) is 2.90. The fraction of sp³-hybridized carbons (Fsp3) is 0. The summed E-state index contributed by atoms with van der Waals surface area (Å²) >= 11 is 5.89. The number of hydrogen-bond donors (Lipinski definition) is 0. The smallest absolute Gasteiger partial charge is 0.140 e. The van der Waals surface area contributed by atoms with Gasteiger partial charge in [0.05, 0.1) is 11.6 Å². The zero-order valence-corrected chi connectivity index (χ0v) is 8.44. The van der Waals surface area contributed by atoms with E-state index in [-0.39, 0.29) is 0 Å². The van der Waals surface area contributed by atoms with Gasteiger partial charge in [0.15, 0.2) is 0 Å². The average molecular weight is 216 g/mol. The Morgan fingerprint density at radius 2 is 2.20 bits per heavy atom. The molecule has 0 N–H and O–H groups in total. The second kappa shape index (κ2) is 4.07. The molecule has 72 valence electrons. The van der Waals surface area contributed by atoms with Crippen LogP contribution in [0.5, 0.6) is 0 Å². The summed E-state index contributed by atoms with van der Waals surface area (Å²) in [6, 6.07) is 7.50. The highest BCUT2D eigenvalue weighted by Crippen LogP contribution is 2.20. The van der Waals surface area contributed by atoms with Gasteiger partial charge in [0.25, 0.3) is 0 Å². The van der Waals surface area contributed by atoms with Gasteiger partial charge in [0.2, 0.25) is 0 Å². The standard InChI is InChI=1S/C11H6ClN3/c12-11-9-4-3-8(2-1-5-13)6-10(9)14-7-15-11/h1-4,6-7H. The van der Waals surface area contributed by atoms with E-state index in [1.807, 2.05) is 24.3 Å². The van der Waals surface area contributed by atoms with Gasteiger partial charge in [-0.25, -0.2) is 9.97 Å². The summed E-state index contributed by atoms with van der Waals surface area (Å²) in [7, 11) is 0. The minimum Gasteiger partial charge on any atom is -0.236 e. The molecule has 1 aromatic carbocycles. The van der Waals surface area contributed by atoms with E-state index in [0.717, 1.165) is 16.5 Å². The van der Waals surface area contributed by atoms with Crippen molar-refractivity contribution in [1.82, 2.24) is 9.97 Å². The van der Waals surface area contributed by atoms with E-state index in [4.69, 9.17) is 16.9 Å². The monoisotopic (exact) mass is 215 g/mol. The van der Waals surface area contributed by atoms with Gasteiger partial charge in [-0.3, -0.25) is 0 Å². The normalized spacial score (nSPS) is 10.7. The Bertz CT molecular complexity index is 570. The van der Waals surface area contributed by atoms with Crippen molar-refractivity contribution in [3.05, 3.63) is 41.3 Å². The molecule has 0 radical (unpaired) electrons. The van der Waals surface area contributed by atoms with Crippen LogP contribution in [0.3, 0.4) is 0 Å². The fourth-order valence-corrected chi connectivity index (χ4v) is 1.48. The number of nitriles is 1. The van der Waals surface area contributed by atoms with Crippen LogP contribution in [0, 0.1) is 11.3 Å². The third-order valence-electron chi connectivity index (χ3n) is 1.96. The van der Waals surface area contributed by atoms with Crippen LogP contribution < -0.4 is 0 Å². The molecular weight excluding hydrogens is 210 g/mol. The van der Waals surface area contributed by atoms with E-state index < -0.39 is 0 Å². The van der Waals surface area contributed by atoms with Crippen LogP contribution in [-0.4, -0.2) is 9.97 Å². The highest BCUT2D eigenvalue weighted by atomic mass is 35.5. The van der Waals surface area contributed by atoms with Gasteiger partial charge in [-0.05, 0) is 23.8 Å². The van der Waals surface area contributed by atoms with Crippen LogP contribution in [-0.2, 0) is 0 Å². The van der Waals surface area contributed by atoms with Gasteiger partial charge < -0.3 is 0 Å². The molecule has 0 saturated heterocycles. The Morgan fingerprint density at radius 3 is 3.00 bits per heavy atom. The molecule has 0 spiro atoms. The van der Waals surface area contributed by atoms with Crippen molar-refractivity contribution in [2.45, 2.75) is 0 Å². The van der Waals surface area contributed by atoms with Gasteiger partial charge in [-0.15, -0.1) is 0 Å². The third kappa shape index (κ3) is 1.95. The molecule has 1 aromatic heterocycles. The molecule has 0 saturated carbocycles. The minimum atomic E-state index is 0.441. The third-order valence-corrected chi connectivity index (χ3v) is 2.26. The van der Waals surface area contributed by atoms with E-state index in [1.54, 1.807) is 6.08 Å². The van der Waals surface area contributed by atoms with Crippen molar-refractivity contribution in [2.75, 3.05) is 0 Å². The Balaban J connectivity index is 2.58. The largest absolute Gasteiger partial charge is 0.236 e. The van der Waals surface area contributed by atoms with Crippen LogP contribution >= 0.6 is 11.6 Å². The molecule has 0 amide bonds. The molecule has 4 heteroatoms. The molecule has 0 aliphatic carbocycles. The summed E-state index contributed by atoms with van der Waals surface area (Å²) in [6.07, 6.45) is 4.56. The molecule has 2 aromatic rings.